The molecule has 4 aliphatic rings. The van der Waals surface area contributed by atoms with E-state index in [-0.39, 0.29) is 11.3 Å². The highest BCUT2D eigenvalue weighted by Crippen LogP contribution is 2.44. The second-order valence-electron chi connectivity index (χ2n) is 9.03. The third-order valence-corrected chi connectivity index (χ3v) is 6.99. The van der Waals surface area contributed by atoms with Crippen LogP contribution in [0, 0.1) is 17.9 Å². The quantitative estimate of drug-likeness (QED) is 0.474. The molecule has 1 fully saturated rings. The van der Waals surface area contributed by atoms with Gasteiger partial charge in [-0.25, -0.2) is 10.1 Å². The summed E-state index contributed by atoms with van der Waals surface area (Å²) in [6.45, 7) is 9.75. The fraction of sp³-hybridized carbons (Fsp3) is 0.462. The molecule has 0 atom stereocenters. The van der Waals surface area contributed by atoms with Crippen LogP contribution in [0.25, 0.3) is 10.9 Å². The maximum atomic E-state index is 9.39. The van der Waals surface area contributed by atoms with Gasteiger partial charge < -0.3 is 9.64 Å². The highest BCUT2D eigenvalue weighted by Gasteiger charge is 2.39. The molecule has 3 aliphatic heterocycles. The largest absolute Gasteiger partial charge is 0.487 e. The molecule has 1 aliphatic carbocycles. The minimum atomic E-state index is -0.237. The average Bonchev–Trinajstić information content (AvgIpc) is 3.20. The van der Waals surface area contributed by atoms with Gasteiger partial charge in [0.25, 0.3) is 5.70 Å². The van der Waals surface area contributed by atoms with Gasteiger partial charge in [-0.2, -0.15) is 0 Å². The van der Waals surface area contributed by atoms with E-state index in [0.29, 0.717) is 6.42 Å². The fourth-order valence-electron chi connectivity index (χ4n) is 5.69. The Labute approximate surface area is 179 Å². The van der Waals surface area contributed by atoms with Crippen LogP contribution in [0.2, 0.25) is 0 Å². The molecular formula is C26H27N3O. The third-order valence-electron chi connectivity index (χ3n) is 6.99. The van der Waals surface area contributed by atoms with Crippen molar-refractivity contribution in [3.05, 3.63) is 69.4 Å². The van der Waals surface area contributed by atoms with E-state index in [1.165, 1.54) is 48.3 Å². The van der Waals surface area contributed by atoms with Gasteiger partial charge in [0.05, 0.1) is 12.6 Å². The lowest BCUT2D eigenvalue weighted by atomic mass is 9.88. The second kappa shape index (κ2) is 7.69. The molecule has 0 amide bonds. The van der Waals surface area contributed by atoms with Crippen LogP contribution in [0.1, 0.15) is 61.6 Å². The number of aryl methyl sites for hydroxylation is 2. The first-order valence-corrected chi connectivity index (χ1v) is 11.2. The van der Waals surface area contributed by atoms with E-state index in [9.17, 15) is 5.26 Å². The van der Waals surface area contributed by atoms with Crippen LogP contribution in [0.4, 0.5) is 5.69 Å². The summed E-state index contributed by atoms with van der Waals surface area (Å²) in [7, 11) is 0. The number of ether oxygens (including phenoxy) is 1. The van der Waals surface area contributed by atoms with Gasteiger partial charge in [0.1, 0.15) is 11.4 Å². The molecule has 152 valence electrons. The Bertz CT molecular complexity index is 994. The number of hydrogen-bond donors (Lipinski definition) is 0. The molecule has 30 heavy (non-hydrogen) atoms. The molecule has 4 heteroatoms. The first-order chi connectivity index (χ1) is 14.7. The van der Waals surface area contributed by atoms with Crippen molar-refractivity contribution in [2.75, 3.05) is 18.0 Å². The molecule has 0 bridgehead atoms. The Morgan fingerprint density at radius 2 is 1.80 bits per heavy atom. The molecular weight excluding hydrogens is 370 g/mol. The summed E-state index contributed by atoms with van der Waals surface area (Å²) in [5, 5.41) is 9.39. The van der Waals surface area contributed by atoms with E-state index in [2.05, 4.69) is 34.0 Å². The predicted octanol–water partition coefficient (Wildman–Crippen LogP) is 5.71. The van der Waals surface area contributed by atoms with Crippen molar-refractivity contribution in [2.24, 2.45) is 0 Å². The monoisotopic (exact) mass is 397 g/mol. The van der Waals surface area contributed by atoms with Crippen LogP contribution >= 0.6 is 0 Å². The maximum Gasteiger partial charge on any atom is 0.265 e. The first kappa shape index (κ1) is 19.0. The zero-order valence-corrected chi connectivity index (χ0v) is 17.4. The lowest BCUT2D eigenvalue weighted by Gasteiger charge is -2.37. The summed E-state index contributed by atoms with van der Waals surface area (Å²) < 4.78 is 6.44. The molecule has 1 aromatic rings. The Balaban J connectivity index is 1.48. The number of benzene rings is 1. The molecule has 1 spiro atoms. The van der Waals surface area contributed by atoms with E-state index in [1.54, 1.807) is 0 Å². The second-order valence-corrected chi connectivity index (χ2v) is 9.03. The Hall–Kier alpha value is -2.98. The van der Waals surface area contributed by atoms with Gasteiger partial charge >= 0.3 is 0 Å². The van der Waals surface area contributed by atoms with E-state index in [0.717, 1.165) is 49.9 Å². The van der Waals surface area contributed by atoms with Gasteiger partial charge in [0.2, 0.25) is 0 Å². The molecule has 3 heterocycles. The zero-order valence-electron chi connectivity index (χ0n) is 17.4. The van der Waals surface area contributed by atoms with Gasteiger partial charge in [0, 0.05) is 25.2 Å². The summed E-state index contributed by atoms with van der Waals surface area (Å²) in [5.74, 6) is 0.780. The predicted molar refractivity (Wildman–Crippen MR) is 119 cm³/mol. The third kappa shape index (κ3) is 3.41. The molecule has 0 unspecified atom stereocenters. The van der Waals surface area contributed by atoms with Crippen LogP contribution in [0.5, 0.6) is 0 Å². The number of allylic oxidation sites excluding steroid dienone is 3. The normalized spacial score (nSPS) is 23.4. The lowest BCUT2D eigenvalue weighted by molar-refractivity contribution is 0.00776. The topological polar surface area (TPSA) is 40.6 Å². The van der Waals surface area contributed by atoms with E-state index >= 15 is 0 Å². The van der Waals surface area contributed by atoms with E-state index < -0.39 is 0 Å². The number of hydrogen-bond acceptors (Lipinski definition) is 3. The minimum absolute atomic E-state index is 0.203. The van der Waals surface area contributed by atoms with Crippen LogP contribution < -0.4 is 4.90 Å². The minimum Gasteiger partial charge on any atom is -0.487 e. The first-order valence-electron chi connectivity index (χ1n) is 11.2. The number of nitriles is 1. The van der Waals surface area contributed by atoms with Crippen LogP contribution in [0.15, 0.2) is 41.3 Å². The van der Waals surface area contributed by atoms with Crippen LogP contribution in [-0.2, 0) is 17.6 Å². The maximum absolute atomic E-state index is 9.39. The number of nitrogens with zero attached hydrogens (tertiary/aromatic N) is 3. The lowest BCUT2D eigenvalue weighted by Crippen LogP contribution is -2.34. The standard InChI is InChI=1S/C26H27N3O/c1-28-24(18-27)22-16-23(30-26(17-22)10-2-3-11-26)9-8-19-14-20-6-4-12-29-13-5-7-21(15-19)25(20)29/h8-9,14-16H,2-7,10-13,17H2. The van der Waals surface area contributed by atoms with Crippen molar-refractivity contribution in [3.63, 3.8) is 0 Å². The van der Waals surface area contributed by atoms with Gasteiger partial charge in [-0.15, -0.1) is 0 Å². The number of rotatable bonds is 2. The Morgan fingerprint density at radius 3 is 2.43 bits per heavy atom. The molecule has 0 N–H and O–H groups in total. The molecule has 0 saturated heterocycles. The highest BCUT2D eigenvalue weighted by molar-refractivity contribution is 5.68. The summed E-state index contributed by atoms with van der Waals surface area (Å²) in [6.07, 6.45) is 15.8. The van der Waals surface area contributed by atoms with Gasteiger partial charge in [-0.1, -0.05) is 6.08 Å². The average molecular weight is 398 g/mol. The van der Waals surface area contributed by atoms with E-state index in [4.69, 9.17) is 11.3 Å². The Kier molecular flexibility index (Phi) is 4.87. The summed E-state index contributed by atoms with van der Waals surface area (Å²) in [5.41, 5.74) is 6.46. The smallest absolute Gasteiger partial charge is 0.265 e. The van der Waals surface area contributed by atoms with Crippen molar-refractivity contribution in [1.29, 1.82) is 5.26 Å². The summed E-state index contributed by atoms with van der Waals surface area (Å²) in [6, 6.07) is 6.74. The van der Waals surface area contributed by atoms with Gasteiger partial charge in [-0.05, 0) is 97.9 Å². The van der Waals surface area contributed by atoms with Crippen molar-refractivity contribution >= 4 is 11.8 Å². The molecule has 1 aromatic carbocycles. The molecule has 0 aromatic heterocycles. The molecule has 5 rings (SSSR count). The summed E-state index contributed by atoms with van der Waals surface area (Å²) >= 11 is 0. The SMILES string of the molecule is [C-]#[N+]C(C#N)=C1C=C(C=Cc2cc3c4c(c2)CCCN4CCC3)OC2(CCCC2)C1. The van der Waals surface area contributed by atoms with Crippen LogP contribution in [0.3, 0.4) is 0 Å². The molecule has 0 radical (unpaired) electrons. The fourth-order valence-corrected chi connectivity index (χ4v) is 5.69. The van der Waals surface area contributed by atoms with Crippen molar-refractivity contribution in [3.8, 4) is 6.07 Å². The molecule has 1 saturated carbocycles. The highest BCUT2D eigenvalue weighted by atomic mass is 16.5. The zero-order chi connectivity index (χ0) is 20.6. The van der Waals surface area contributed by atoms with Crippen LogP contribution in [-0.4, -0.2) is 18.7 Å². The van der Waals surface area contributed by atoms with Crippen molar-refractivity contribution < 1.29 is 4.74 Å². The van der Waals surface area contributed by atoms with E-state index in [1.807, 2.05) is 12.2 Å². The van der Waals surface area contributed by atoms with Crippen molar-refractivity contribution in [2.45, 2.75) is 63.4 Å². The van der Waals surface area contributed by atoms with Crippen molar-refractivity contribution in [1.82, 2.24) is 0 Å². The number of anilines is 1. The van der Waals surface area contributed by atoms with Gasteiger partial charge in [-0.3, -0.25) is 0 Å². The van der Waals surface area contributed by atoms with Gasteiger partial charge in [0.15, 0.2) is 0 Å². The Morgan fingerprint density at radius 1 is 1.10 bits per heavy atom. The summed E-state index contributed by atoms with van der Waals surface area (Å²) in [4.78, 5) is 6.02. The molecule has 4 nitrogen and oxygen atoms in total.